The normalized spacial score (nSPS) is 13.4. The van der Waals surface area contributed by atoms with Crippen molar-refractivity contribution in [2.45, 2.75) is 32.1 Å². The minimum absolute atomic E-state index is 0.0472. The average Bonchev–Trinajstić information content (AvgIpc) is 2.31. The van der Waals surface area contributed by atoms with Crippen molar-refractivity contribution in [1.29, 1.82) is 0 Å². The number of nitrogens with one attached hydrogen (secondary N) is 1. The zero-order chi connectivity index (χ0) is 14.3. The topological polar surface area (TPSA) is 72.2 Å². The van der Waals surface area contributed by atoms with E-state index in [0.29, 0.717) is 11.3 Å². The van der Waals surface area contributed by atoms with Crippen LogP contribution in [0.25, 0.3) is 0 Å². The number of nitrogens with two attached hydrogens (primary N) is 1. The number of benzene rings is 1. The van der Waals surface area contributed by atoms with Gasteiger partial charge in [-0.25, -0.2) is 13.1 Å². The molecular formula is C13H22N2O2S2. The van der Waals surface area contributed by atoms with Gasteiger partial charge in [-0.15, -0.1) is 0 Å². The highest BCUT2D eigenvalue weighted by atomic mass is 32.2. The van der Waals surface area contributed by atoms with E-state index >= 15 is 0 Å². The predicted molar refractivity (Wildman–Crippen MR) is 83.7 cm³/mol. The van der Waals surface area contributed by atoms with Crippen LogP contribution in [0.2, 0.25) is 0 Å². The lowest BCUT2D eigenvalue weighted by molar-refractivity contribution is 0.556. The Hall–Kier alpha value is -0.720. The van der Waals surface area contributed by atoms with Crippen LogP contribution in [0.3, 0.4) is 0 Å². The van der Waals surface area contributed by atoms with E-state index in [-0.39, 0.29) is 11.8 Å². The second-order valence-corrected chi connectivity index (χ2v) is 7.61. The van der Waals surface area contributed by atoms with Crippen LogP contribution >= 0.6 is 11.8 Å². The zero-order valence-electron chi connectivity index (χ0n) is 11.4. The maximum absolute atomic E-state index is 12.0. The van der Waals surface area contributed by atoms with Gasteiger partial charge in [-0.1, -0.05) is 25.1 Å². The Morgan fingerprint density at radius 2 is 2.05 bits per heavy atom. The van der Waals surface area contributed by atoms with Crippen LogP contribution in [-0.4, -0.2) is 26.0 Å². The molecule has 19 heavy (non-hydrogen) atoms. The first kappa shape index (κ1) is 16.3. The molecule has 0 fully saturated rings. The van der Waals surface area contributed by atoms with E-state index < -0.39 is 10.0 Å². The lowest BCUT2D eigenvalue weighted by Gasteiger charge is -2.14. The van der Waals surface area contributed by atoms with E-state index in [1.807, 2.05) is 18.7 Å². The number of hydrogen-bond donors (Lipinski definition) is 2. The molecule has 0 amide bonds. The molecule has 108 valence electrons. The minimum atomic E-state index is -3.33. The molecule has 1 aromatic carbocycles. The van der Waals surface area contributed by atoms with Crippen LogP contribution in [0.4, 0.5) is 5.69 Å². The summed E-state index contributed by atoms with van der Waals surface area (Å²) in [5.41, 5.74) is 6.92. The van der Waals surface area contributed by atoms with Gasteiger partial charge in [-0.3, -0.25) is 0 Å². The number of anilines is 1. The van der Waals surface area contributed by atoms with Gasteiger partial charge in [0.25, 0.3) is 0 Å². The van der Waals surface area contributed by atoms with Gasteiger partial charge in [0.15, 0.2) is 0 Å². The molecule has 0 saturated carbocycles. The zero-order valence-corrected chi connectivity index (χ0v) is 13.1. The van der Waals surface area contributed by atoms with Crippen LogP contribution in [0.1, 0.15) is 25.8 Å². The smallest absolute Gasteiger partial charge is 0.216 e. The van der Waals surface area contributed by atoms with E-state index in [1.165, 1.54) is 0 Å². The van der Waals surface area contributed by atoms with E-state index in [9.17, 15) is 8.42 Å². The standard InChI is InChI=1S/C13H22N2O2S2/c1-3-18-9-8-11(2)15-19(16,17)10-12-6-4-5-7-13(12)14/h4-7,11,15H,3,8-10,14H2,1-2H3. The Labute approximate surface area is 120 Å². The van der Waals surface area contributed by atoms with Gasteiger partial charge in [-0.05, 0) is 36.5 Å². The summed E-state index contributed by atoms with van der Waals surface area (Å²) >= 11 is 1.81. The third-order valence-electron chi connectivity index (χ3n) is 2.68. The highest BCUT2D eigenvalue weighted by molar-refractivity contribution is 7.99. The van der Waals surface area contributed by atoms with Crippen LogP contribution in [0, 0.1) is 0 Å². The first-order valence-corrected chi connectivity index (χ1v) is 9.16. The molecule has 0 heterocycles. The Balaban J connectivity index is 2.55. The van der Waals surface area contributed by atoms with E-state index in [4.69, 9.17) is 5.73 Å². The Morgan fingerprint density at radius 3 is 2.68 bits per heavy atom. The largest absolute Gasteiger partial charge is 0.398 e. The van der Waals surface area contributed by atoms with Gasteiger partial charge in [0, 0.05) is 11.7 Å². The maximum Gasteiger partial charge on any atom is 0.216 e. The predicted octanol–water partition coefficient (Wildman–Crippen LogP) is 2.22. The molecule has 4 nitrogen and oxygen atoms in total. The molecule has 1 aromatic rings. The number of para-hydroxylation sites is 1. The number of sulfonamides is 1. The fourth-order valence-corrected chi connectivity index (χ4v) is 3.98. The fourth-order valence-electron chi connectivity index (χ4n) is 1.68. The molecule has 1 rings (SSSR count). The second kappa shape index (κ2) is 7.77. The highest BCUT2D eigenvalue weighted by Gasteiger charge is 2.16. The van der Waals surface area contributed by atoms with Gasteiger partial charge in [0.1, 0.15) is 0 Å². The molecule has 6 heteroatoms. The first-order valence-electron chi connectivity index (χ1n) is 6.35. The molecule has 0 aromatic heterocycles. The first-order chi connectivity index (χ1) is 8.94. The SMILES string of the molecule is CCSCCC(C)NS(=O)(=O)Cc1ccccc1N. The van der Waals surface area contributed by atoms with Gasteiger partial charge in [0.05, 0.1) is 5.75 Å². The Bertz CT molecular complexity index is 489. The van der Waals surface area contributed by atoms with Gasteiger partial charge in [0.2, 0.25) is 10.0 Å². The lowest BCUT2D eigenvalue weighted by Crippen LogP contribution is -2.34. The molecule has 0 aliphatic heterocycles. The van der Waals surface area contributed by atoms with Crippen molar-refractivity contribution in [3.05, 3.63) is 29.8 Å². The van der Waals surface area contributed by atoms with Crippen molar-refractivity contribution >= 4 is 27.5 Å². The second-order valence-electron chi connectivity index (χ2n) is 4.46. The van der Waals surface area contributed by atoms with Gasteiger partial charge >= 0.3 is 0 Å². The van der Waals surface area contributed by atoms with Gasteiger partial charge in [-0.2, -0.15) is 11.8 Å². The van der Waals surface area contributed by atoms with Gasteiger partial charge < -0.3 is 5.73 Å². The van der Waals surface area contributed by atoms with Crippen molar-refractivity contribution in [2.75, 3.05) is 17.2 Å². The number of thioether (sulfide) groups is 1. The molecule has 0 radical (unpaired) electrons. The summed E-state index contributed by atoms with van der Waals surface area (Å²) < 4.78 is 26.7. The molecule has 0 bridgehead atoms. The molecule has 0 aliphatic rings. The molecular weight excluding hydrogens is 280 g/mol. The lowest BCUT2D eigenvalue weighted by atomic mass is 10.2. The summed E-state index contributed by atoms with van der Waals surface area (Å²) in [7, 11) is -3.33. The summed E-state index contributed by atoms with van der Waals surface area (Å²) in [6.45, 7) is 3.99. The molecule has 0 aliphatic carbocycles. The van der Waals surface area contributed by atoms with Crippen LogP contribution in [0.15, 0.2) is 24.3 Å². The summed E-state index contributed by atoms with van der Waals surface area (Å²) in [4.78, 5) is 0. The minimum Gasteiger partial charge on any atom is -0.398 e. The third-order valence-corrected chi connectivity index (χ3v) is 5.07. The summed E-state index contributed by atoms with van der Waals surface area (Å²) in [5.74, 6) is 1.96. The van der Waals surface area contributed by atoms with Crippen molar-refractivity contribution in [2.24, 2.45) is 0 Å². The molecule has 1 atom stereocenters. The molecule has 3 N–H and O–H groups in total. The fraction of sp³-hybridized carbons (Fsp3) is 0.538. The molecule has 0 saturated heterocycles. The summed E-state index contributed by atoms with van der Waals surface area (Å²) in [5, 5.41) is 0. The number of rotatable bonds is 8. The molecule has 0 spiro atoms. The summed E-state index contributed by atoms with van der Waals surface area (Å²) in [6, 6.07) is 7.00. The van der Waals surface area contributed by atoms with Crippen LogP contribution in [-0.2, 0) is 15.8 Å². The Morgan fingerprint density at radius 1 is 1.37 bits per heavy atom. The maximum atomic E-state index is 12.0. The Kier molecular flexibility index (Phi) is 6.68. The number of nitrogen functional groups attached to an aromatic ring is 1. The van der Waals surface area contributed by atoms with Crippen molar-refractivity contribution in [3.8, 4) is 0 Å². The quantitative estimate of drug-likeness (QED) is 0.570. The average molecular weight is 302 g/mol. The van der Waals surface area contributed by atoms with Crippen molar-refractivity contribution < 1.29 is 8.42 Å². The van der Waals surface area contributed by atoms with E-state index in [1.54, 1.807) is 24.3 Å². The van der Waals surface area contributed by atoms with Crippen molar-refractivity contribution in [1.82, 2.24) is 4.72 Å². The number of hydrogen-bond acceptors (Lipinski definition) is 4. The van der Waals surface area contributed by atoms with Crippen molar-refractivity contribution in [3.63, 3.8) is 0 Å². The third kappa shape index (κ3) is 6.31. The van der Waals surface area contributed by atoms with E-state index in [0.717, 1.165) is 17.9 Å². The summed E-state index contributed by atoms with van der Waals surface area (Å²) in [6.07, 6.45) is 0.835. The monoisotopic (exact) mass is 302 g/mol. The van der Waals surface area contributed by atoms with Crippen LogP contribution < -0.4 is 10.5 Å². The van der Waals surface area contributed by atoms with Crippen LogP contribution in [0.5, 0.6) is 0 Å². The molecule has 1 unspecified atom stereocenters. The van der Waals surface area contributed by atoms with E-state index in [2.05, 4.69) is 11.6 Å². The highest BCUT2D eigenvalue weighted by Crippen LogP contribution is 2.14.